The van der Waals surface area contributed by atoms with Crippen LogP contribution in [0.1, 0.15) is 21.6 Å². The van der Waals surface area contributed by atoms with Crippen LogP contribution in [0.15, 0.2) is 18.2 Å². The zero-order valence-corrected chi connectivity index (χ0v) is 11.7. The maximum Gasteiger partial charge on any atom is 0.256 e. The summed E-state index contributed by atoms with van der Waals surface area (Å²) in [5, 5.41) is 7.44. The fraction of sp³-hybridized carbons (Fsp3) is 0.231. The zero-order chi connectivity index (χ0) is 14.2. The Balaban J connectivity index is 2.28. The van der Waals surface area contributed by atoms with Crippen molar-refractivity contribution in [3.8, 4) is 0 Å². The summed E-state index contributed by atoms with van der Waals surface area (Å²) in [6.45, 7) is 3.67. The summed E-state index contributed by atoms with van der Waals surface area (Å²) in [6, 6.07) is 5.15. The molecule has 1 aromatic heterocycles. The van der Waals surface area contributed by atoms with Crippen molar-refractivity contribution in [2.75, 3.05) is 11.1 Å². The number of nitrogens with two attached hydrogens (primary N) is 1. The van der Waals surface area contributed by atoms with Gasteiger partial charge >= 0.3 is 0 Å². The SMILES string of the molecule is Cc1ccc(C(=O)Nc2c(N)c(C)nn2C)cc1Cl. The molecule has 0 unspecified atom stereocenters. The molecular weight excluding hydrogens is 264 g/mol. The van der Waals surface area contributed by atoms with Crippen molar-refractivity contribution in [2.24, 2.45) is 7.05 Å². The summed E-state index contributed by atoms with van der Waals surface area (Å²) in [6.07, 6.45) is 0. The summed E-state index contributed by atoms with van der Waals surface area (Å²) >= 11 is 6.01. The number of benzene rings is 1. The Morgan fingerprint density at radius 1 is 1.42 bits per heavy atom. The van der Waals surface area contributed by atoms with Crippen LogP contribution >= 0.6 is 11.6 Å². The Labute approximate surface area is 116 Å². The van der Waals surface area contributed by atoms with Crippen molar-refractivity contribution in [3.05, 3.63) is 40.0 Å². The molecule has 0 aliphatic carbocycles. The van der Waals surface area contributed by atoms with Crippen molar-refractivity contribution in [3.63, 3.8) is 0 Å². The van der Waals surface area contributed by atoms with Gasteiger partial charge in [-0.3, -0.25) is 9.48 Å². The van der Waals surface area contributed by atoms with Gasteiger partial charge in [0.25, 0.3) is 5.91 Å². The summed E-state index contributed by atoms with van der Waals surface area (Å²) in [5.74, 6) is 0.218. The lowest BCUT2D eigenvalue weighted by atomic mass is 10.1. The molecule has 19 heavy (non-hydrogen) atoms. The van der Waals surface area contributed by atoms with E-state index in [2.05, 4.69) is 10.4 Å². The summed E-state index contributed by atoms with van der Waals surface area (Å²) in [7, 11) is 1.72. The lowest BCUT2D eigenvalue weighted by molar-refractivity contribution is 0.102. The average molecular weight is 279 g/mol. The third-order valence-corrected chi connectivity index (χ3v) is 3.34. The molecule has 2 aromatic rings. The van der Waals surface area contributed by atoms with Crippen LogP contribution in [0.25, 0.3) is 0 Å². The number of hydrogen-bond donors (Lipinski definition) is 2. The second-order valence-corrected chi connectivity index (χ2v) is 4.80. The fourth-order valence-electron chi connectivity index (χ4n) is 1.74. The first kappa shape index (κ1) is 13.4. The van der Waals surface area contributed by atoms with Crippen LogP contribution in [-0.4, -0.2) is 15.7 Å². The average Bonchev–Trinajstić information content (AvgIpc) is 2.59. The molecule has 1 amide bonds. The number of carbonyl (C=O) groups excluding carboxylic acids is 1. The van der Waals surface area contributed by atoms with E-state index in [4.69, 9.17) is 17.3 Å². The molecule has 0 fully saturated rings. The molecule has 0 bridgehead atoms. The van der Waals surface area contributed by atoms with E-state index >= 15 is 0 Å². The molecular formula is C13H15ClN4O. The Bertz CT molecular complexity index is 648. The summed E-state index contributed by atoms with van der Waals surface area (Å²) < 4.78 is 1.54. The van der Waals surface area contributed by atoms with Crippen molar-refractivity contribution in [1.82, 2.24) is 9.78 Å². The number of nitrogens with zero attached hydrogens (tertiary/aromatic N) is 2. The molecule has 6 heteroatoms. The third-order valence-electron chi connectivity index (χ3n) is 2.93. The van der Waals surface area contributed by atoms with Crippen LogP contribution < -0.4 is 11.1 Å². The van der Waals surface area contributed by atoms with Crippen molar-refractivity contribution >= 4 is 29.0 Å². The van der Waals surface area contributed by atoms with Crippen LogP contribution in [0.4, 0.5) is 11.5 Å². The topological polar surface area (TPSA) is 72.9 Å². The largest absolute Gasteiger partial charge is 0.394 e. The van der Waals surface area contributed by atoms with Crippen molar-refractivity contribution in [2.45, 2.75) is 13.8 Å². The van der Waals surface area contributed by atoms with Gasteiger partial charge in [0.05, 0.1) is 11.4 Å². The van der Waals surface area contributed by atoms with Crippen LogP contribution in [-0.2, 0) is 7.05 Å². The van der Waals surface area contributed by atoms with Crippen LogP contribution in [0.2, 0.25) is 5.02 Å². The lowest BCUT2D eigenvalue weighted by Gasteiger charge is -2.07. The molecule has 2 rings (SSSR count). The summed E-state index contributed by atoms with van der Waals surface area (Å²) in [4.78, 5) is 12.1. The Kier molecular flexibility index (Phi) is 3.48. The monoisotopic (exact) mass is 278 g/mol. The molecule has 0 spiro atoms. The number of nitrogen functional groups attached to an aromatic ring is 1. The number of halogens is 1. The third kappa shape index (κ3) is 2.56. The number of hydrogen-bond acceptors (Lipinski definition) is 3. The van der Waals surface area contributed by atoms with Gasteiger partial charge in [-0.2, -0.15) is 5.10 Å². The quantitative estimate of drug-likeness (QED) is 0.886. The first-order valence-electron chi connectivity index (χ1n) is 5.76. The Hall–Kier alpha value is -2.01. The van der Waals surface area contributed by atoms with E-state index in [0.29, 0.717) is 27.8 Å². The van der Waals surface area contributed by atoms with Crippen molar-refractivity contribution < 1.29 is 4.79 Å². The first-order valence-corrected chi connectivity index (χ1v) is 6.14. The minimum absolute atomic E-state index is 0.267. The molecule has 0 saturated carbocycles. The van der Waals surface area contributed by atoms with Crippen molar-refractivity contribution in [1.29, 1.82) is 0 Å². The molecule has 0 saturated heterocycles. The number of aromatic nitrogens is 2. The predicted molar refractivity (Wildman–Crippen MR) is 76.5 cm³/mol. The highest BCUT2D eigenvalue weighted by atomic mass is 35.5. The maximum atomic E-state index is 12.1. The number of aryl methyl sites for hydroxylation is 3. The van der Waals surface area contributed by atoms with Gasteiger partial charge < -0.3 is 11.1 Å². The predicted octanol–water partition coefficient (Wildman–Crippen LogP) is 2.52. The van der Waals surface area contributed by atoms with E-state index < -0.39 is 0 Å². The molecule has 0 radical (unpaired) electrons. The normalized spacial score (nSPS) is 10.5. The van der Waals surface area contributed by atoms with E-state index in [-0.39, 0.29) is 5.91 Å². The highest BCUT2D eigenvalue weighted by molar-refractivity contribution is 6.31. The number of nitrogens with one attached hydrogen (secondary N) is 1. The van der Waals surface area contributed by atoms with Crippen LogP contribution in [0, 0.1) is 13.8 Å². The first-order chi connectivity index (χ1) is 8.90. The molecule has 100 valence electrons. The van der Waals surface area contributed by atoms with Gasteiger partial charge in [-0.1, -0.05) is 17.7 Å². The summed E-state index contributed by atoms with van der Waals surface area (Å²) in [5.41, 5.74) is 8.41. The lowest BCUT2D eigenvalue weighted by Crippen LogP contribution is -2.15. The van der Waals surface area contributed by atoms with Crippen LogP contribution in [0.3, 0.4) is 0 Å². The second kappa shape index (κ2) is 4.93. The van der Waals surface area contributed by atoms with Gasteiger partial charge in [0.1, 0.15) is 0 Å². The molecule has 0 aliphatic heterocycles. The Morgan fingerprint density at radius 3 is 2.63 bits per heavy atom. The number of carbonyl (C=O) groups is 1. The highest BCUT2D eigenvalue weighted by Gasteiger charge is 2.14. The number of anilines is 2. The van der Waals surface area contributed by atoms with E-state index in [1.165, 1.54) is 0 Å². The molecule has 0 aliphatic rings. The Morgan fingerprint density at radius 2 is 2.11 bits per heavy atom. The minimum Gasteiger partial charge on any atom is -0.394 e. The number of rotatable bonds is 2. The van der Waals surface area contributed by atoms with Gasteiger partial charge in [-0.25, -0.2) is 0 Å². The molecule has 1 aromatic carbocycles. The van der Waals surface area contributed by atoms with Gasteiger partial charge in [-0.15, -0.1) is 0 Å². The zero-order valence-electron chi connectivity index (χ0n) is 11.0. The van der Waals surface area contributed by atoms with Gasteiger partial charge in [-0.05, 0) is 31.5 Å². The maximum absolute atomic E-state index is 12.1. The molecule has 5 nitrogen and oxygen atoms in total. The van der Waals surface area contributed by atoms with Gasteiger partial charge in [0.15, 0.2) is 5.82 Å². The molecule has 1 heterocycles. The van der Waals surface area contributed by atoms with Gasteiger partial charge in [0.2, 0.25) is 0 Å². The number of amides is 1. The van der Waals surface area contributed by atoms with E-state index in [1.54, 1.807) is 36.9 Å². The second-order valence-electron chi connectivity index (χ2n) is 4.39. The van der Waals surface area contributed by atoms with E-state index in [0.717, 1.165) is 5.56 Å². The smallest absolute Gasteiger partial charge is 0.256 e. The van der Waals surface area contributed by atoms with E-state index in [9.17, 15) is 4.79 Å². The van der Waals surface area contributed by atoms with Crippen LogP contribution in [0.5, 0.6) is 0 Å². The molecule has 3 N–H and O–H groups in total. The van der Waals surface area contributed by atoms with Gasteiger partial charge in [0, 0.05) is 17.6 Å². The van der Waals surface area contributed by atoms with E-state index in [1.807, 2.05) is 6.92 Å². The fourth-order valence-corrected chi connectivity index (χ4v) is 1.92. The molecule has 0 atom stereocenters. The minimum atomic E-state index is -0.267. The standard InChI is InChI=1S/C13H15ClN4O/c1-7-4-5-9(6-10(7)14)13(19)16-12-11(15)8(2)17-18(12)3/h4-6H,15H2,1-3H3,(H,16,19). The highest BCUT2D eigenvalue weighted by Crippen LogP contribution is 2.22.